The first-order valence-electron chi connectivity index (χ1n) is 5.21. The molecule has 0 N–H and O–H groups in total. The molecule has 0 bridgehead atoms. The van der Waals surface area contributed by atoms with Crippen molar-refractivity contribution in [3.05, 3.63) is 34.9 Å². The van der Waals surface area contributed by atoms with E-state index in [2.05, 4.69) is 19.1 Å². The minimum atomic E-state index is 0.385. The summed E-state index contributed by atoms with van der Waals surface area (Å²) in [6, 6.07) is 8.03. The van der Waals surface area contributed by atoms with Crippen molar-refractivity contribution in [2.75, 3.05) is 6.61 Å². The summed E-state index contributed by atoms with van der Waals surface area (Å²) in [4.78, 5) is 0. The van der Waals surface area contributed by atoms with Crippen LogP contribution in [-0.4, -0.2) is 12.0 Å². The maximum absolute atomic E-state index is 5.83. The van der Waals surface area contributed by atoms with E-state index in [0.29, 0.717) is 11.4 Å². The normalized spacial score (nSPS) is 25.7. The topological polar surface area (TPSA) is 9.23 Å². The standard InChI is InChI=1S/C12H15ClOS/c1-9-6-12(14-7-9)15-8-10-2-4-11(13)5-3-10/h2-5,9,12H,6-8H2,1H3/t9-,12?/m1/s1. The van der Waals surface area contributed by atoms with Gasteiger partial charge in [-0.05, 0) is 30.0 Å². The Kier molecular flexibility index (Phi) is 3.95. The Morgan fingerprint density at radius 3 is 2.73 bits per heavy atom. The van der Waals surface area contributed by atoms with Crippen LogP contribution in [0.2, 0.25) is 5.02 Å². The lowest BCUT2D eigenvalue weighted by atomic mass is 10.2. The summed E-state index contributed by atoms with van der Waals surface area (Å²) in [5.74, 6) is 1.72. The fraction of sp³-hybridized carbons (Fsp3) is 0.500. The van der Waals surface area contributed by atoms with E-state index in [1.807, 2.05) is 23.9 Å². The van der Waals surface area contributed by atoms with Crippen LogP contribution in [0.15, 0.2) is 24.3 Å². The number of thioether (sulfide) groups is 1. The Morgan fingerprint density at radius 2 is 2.13 bits per heavy atom. The predicted molar refractivity (Wildman–Crippen MR) is 66.3 cm³/mol. The lowest BCUT2D eigenvalue weighted by molar-refractivity contribution is 0.166. The smallest absolute Gasteiger partial charge is 0.103 e. The van der Waals surface area contributed by atoms with Crippen LogP contribution in [0.1, 0.15) is 18.9 Å². The molecule has 1 aromatic carbocycles. The third kappa shape index (κ3) is 3.40. The molecule has 15 heavy (non-hydrogen) atoms. The number of benzene rings is 1. The second-order valence-corrected chi connectivity index (χ2v) is 5.63. The van der Waals surface area contributed by atoms with Crippen molar-refractivity contribution in [1.29, 1.82) is 0 Å². The third-order valence-electron chi connectivity index (χ3n) is 2.51. The lowest BCUT2D eigenvalue weighted by Crippen LogP contribution is -1.98. The van der Waals surface area contributed by atoms with Crippen LogP contribution in [0.25, 0.3) is 0 Å². The molecule has 1 aliphatic rings. The number of hydrogen-bond acceptors (Lipinski definition) is 2. The fourth-order valence-electron chi connectivity index (χ4n) is 1.62. The molecule has 2 rings (SSSR count). The van der Waals surface area contributed by atoms with Crippen LogP contribution in [0, 0.1) is 5.92 Å². The zero-order chi connectivity index (χ0) is 10.7. The summed E-state index contributed by atoms with van der Waals surface area (Å²) in [6.45, 7) is 3.15. The highest BCUT2D eigenvalue weighted by Crippen LogP contribution is 2.30. The molecule has 82 valence electrons. The maximum atomic E-state index is 5.83. The summed E-state index contributed by atoms with van der Waals surface area (Å²) >= 11 is 7.71. The van der Waals surface area contributed by atoms with E-state index < -0.39 is 0 Å². The Morgan fingerprint density at radius 1 is 1.40 bits per heavy atom. The molecule has 1 aromatic rings. The largest absolute Gasteiger partial charge is 0.367 e. The van der Waals surface area contributed by atoms with Gasteiger partial charge in [0.2, 0.25) is 0 Å². The van der Waals surface area contributed by atoms with Crippen molar-refractivity contribution < 1.29 is 4.74 Å². The summed E-state index contributed by atoms with van der Waals surface area (Å²) in [7, 11) is 0. The molecule has 0 radical (unpaired) electrons. The predicted octanol–water partition coefficient (Wildman–Crippen LogP) is 3.96. The van der Waals surface area contributed by atoms with E-state index in [9.17, 15) is 0 Å². The maximum Gasteiger partial charge on any atom is 0.103 e. The average Bonchev–Trinajstić information content (AvgIpc) is 2.64. The summed E-state index contributed by atoms with van der Waals surface area (Å²) in [6.07, 6.45) is 1.18. The van der Waals surface area contributed by atoms with Gasteiger partial charge in [-0.1, -0.05) is 30.7 Å². The Hall–Kier alpha value is -0.180. The fourth-order valence-corrected chi connectivity index (χ4v) is 2.96. The Balaban J connectivity index is 1.80. The van der Waals surface area contributed by atoms with Crippen molar-refractivity contribution >= 4 is 23.4 Å². The quantitative estimate of drug-likeness (QED) is 0.794. The molecule has 2 atom stereocenters. The second-order valence-electron chi connectivity index (χ2n) is 4.04. The zero-order valence-corrected chi connectivity index (χ0v) is 10.4. The average molecular weight is 243 g/mol. The molecule has 0 aliphatic carbocycles. The molecular formula is C12H15ClOS. The minimum absolute atomic E-state index is 0.385. The molecule has 1 aliphatic heterocycles. The van der Waals surface area contributed by atoms with Crippen LogP contribution >= 0.6 is 23.4 Å². The molecule has 1 saturated heterocycles. The van der Waals surface area contributed by atoms with Crippen molar-refractivity contribution in [3.8, 4) is 0 Å². The lowest BCUT2D eigenvalue weighted by Gasteiger charge is -2.08. The van der Waals surface area contributed by atoms with Crippen molar-refractivity contribution in [2.24, 2.45) is 5.92 Å². The molecule has 0 spiro atoms. The van der Waals surface area contributed by atoms with Gasteiger partial charge in [-0.15, -0.1) is 11.8 Å². The SMILES string of the molecule is C[C@H]1COC(SCc2ccc(Cl)cc2)C1. The van der Waals surface area contributed by atoms with Gasteiger partial charge in [-0.3, -0.25) is 0 Å². The first kappa shape index (κ1) is 11.3. The Bertz CT molecular complexity index is 312. The monoisotopic (exact) mass is 242 g/mol. The summed E-state index contributed by atoms with van der Waals surface area (Å²) in [5, 5.41) is 0.800. The Labute approximate surface area is 100 Å². The molecule has 1 fully saturated rings. The van der Waals surface area contributed by atoms with E-state index >= 15 is 0 Å². The number of rotatable bonds is 3. The van der Waals surface area contributed by atoms with Crippen molar-refractivity contribution in [2.45, 2.75) is 24.5 Å². The van der Waals surface area contributed by atoms with Crippen LogP contribution < -0.4 is 0 Å². The van der Waals surface area contributed by atoms with Crippen molar-refractivity contribution in [3.63, 3.8) is 0 Å². The van der Waals surface area contributed by atoms with Crippen LogP contribution in [0.4, 0.5) is 0 Å². The van der Waals surface area contributed by atoms with E-state index in [-0.39, 0.29) is 0 Å². The van der Waals surface area contributed by atoms with E-state index in [0.717, 1.165) is 17.4 Å². The first-order chi connectivity index (χ1) is 7.24. The molecular weight excluding hydrogens is 228 g/mol. The molecule has 3 heteroatoms. The van der Waals surface area contributed by atoms with Crippen molar-refractivity contribution in [1.82, 2.24) is 0 Å². The molecule has 1 nitrogen and oxygen atoms in total. The molecule has 0 saturated carbocycles. The van der Waals surface area contributed by atoms with E-state index in [4.69, 9.17) is 16.3 Å². The van der Waals surface area contributed by atoms with Crippen LogP contribution in [0.3, 0.4) is 0 Å². The van der Waals surface area contributed by atoms with Gasteiger partial charge in [-0.25, -0.2) is 0 Å². The van der Waals surface area contributed by atoms with Gasteiger partial charge in [0.15, 0.2) is 0 Å². The van der Waals surface area contributed by atoms with Gasteiger partial charge >= 0.3 is 0 Å². The summed E-state index contributed by atoms with van der Waals surface area (Å²) in [5.41, 5.74) is 1.70. The number of ether oxygens (including phenoxy) is 1. The molecule has 1 heterocycles. The molecule has 0 aromatic heterocycles. The van der Waals surface area contributed by atoms with Gasteiger partial charge in [0.25, 0.3) is 0 Å². The highest BCUT2D eigenvalue weighted by molar-refractivity contribution is 7.99. The highest BCUT2D eigenvalue weighted by atomic mass is 35.5. The van der Waals surface area contributed by atoms with Gasteiger partial charge < -0.3 is 4.74 Å². The zero-order valence-electron chi connectivity index (χ0n) is 8.78. The van der Waals surface area contributed by atoms with E-state index in [1.54, 1.807) is 0 Å². The van der Waals surface area contributed by atoms with E-state index in [1.165, 1.54) is 12.0 Å². The minimum Gasteiger partial charge on any atom is -0.367 e. The van der Waals surface area contributed by atoms with Crippen LogP contribution in [-0.2, 0) is 10.5 Å². The summed E-state index contributed by atoms with van der Waals surface area (Å²) < 4.78 is 5.65. The van der Waals surface area contributed by atoms with Gasteiger partial charge in [-0.2, -0.15) is 0 Å². The van der Waals surface area contributed by atoms with Crippen LogP contribution in [0.5, 0.6) is 0 Å². The molecule has 1 unspecified atom stereocenters. The number of hydrogen-bond donors (Lipinski definition) is 0. The number of halogens is 1. The first-order valence-corrected chi connectivity index (χ1v) is 6.64. The second kappa shape index (κ2) is 5.24. The van der Waals surface area contributed by atoms with Gasteiger partial charge in [0.05, 0.1) is 6.61 Å². The van der Waals surface area contributed by atoms with Gasteiger partial charge in [0.1, 0.15) is 5.44 Å². The third-order valence-corrected chi connectivity index (χ3v) is 3.96. The highest BCUT2D eigenvalue weighted by Gasteiger charge is 2.21. The van der Waals surface area contributed by atoms with Gasteiger partial charge in [0, 0.05) is 10.8 Å². The molecule has 0 amide bonds.